The summed E-state index contributed by atoms with van der Waals surface area (Å²) < 4.78 is 1.54. The first-order valence-corrected chi connectivity index (χ1v) is 7.76. The van der Waals surface area contributed by atoms with Crippen molar-refractivity contribution in [2.75, 3.05) is 24.3 Å². The van der Waals surface area contributed by atoms with E-state index in [0.717, 1.165) is 16.9 Å². The van der Waals surface area contributed by atoms with Gasteiger partial charge in [-0.2, -0.15) is 0 Å². The van der Waals surface area contributed by atoms with Crippen molar-refractivity contribution in [3.63, 3.8) is 0 Å². The first-order chi connectivity index (χ1) is 12.1. The highest BCUT2D eigenvalue weighted by Gasteiger charge is 2.03. The van der Waals surface area contributed by atoms with Crippen LogP contribution in [0, 0.1) is 0 Å². The van der Waals surface area contributed by atoms with Crippen LogP contribution in [-0.2, 0) is 6.54 Å². The summed E-state index contributed by atoms with van der Waals surface area (Å²) in [6, 6.07) is 15.0. The summed E-state index contributed by atoms with van der Waals surface area (Å²) in [5.41, 5.74) is 3.67. The Balaban J connectivity index is 1.52. The van der Waals surface area contributed by atoms with E-state index in [1.807, 2.05) is 55.4 Å². The molecule has 0 fully saturated rings. The third-order valence-electron chi connectivity index (χ3n) is 3.64. The van der Waals surface area contributed by atoms with Crippen LogP contribution in [0.15, 0.2) is 54.9 Å². The van der Waals surface area contributed by atoms with Crippen LogP contribution in [0.1, 0.15) is 5.56 Å². The SMILES string of the molecule is CN(C)c1ccc(CNC(=O)Nc2ccc(-n3cnnn3)cc2)cc1. The van der Waals surface area contributed by atoms with Gasteiger partial charge >= 0.3 is 6.03 Å². The third-order valence-corrected chi connectivity index (χ3v) is 3.64. The zero-order chi connectivity index (χ0) is 17.6. The monoisotopic (exact) mass is 337 g/mol. The average molecular weight is 337 g/mol. The Kier molecular flexibility index (Phi) is 4.89. The average Bonchev–Trinajstić information content (AvgIpc) is 3.15. The predicted octanol–water partition coefficient (Wildman–Crippen LogP) is 2.05. The topological polar surface area (TPSA) is 88.0 Å². The minimum Gasteiger partial charge on any atom is -0.378 e. The number of amides is 2. The largest absolute Gasteiger partial charge is 0.378 e. The first-order valence-electron chi connectivity index (χ1n) is 7.76. The Hall–Kier alpha value is -3.42. The second kappa shape index (κ2) is 7.43. The maximum atomic E-state index is 12.0. The highest BCUT2D eigenvalue weighted by molar-refractivity contribution is 5.89. The van der Waals surface area contributed by atoms with Crippen LogP contribution in [0.5, 0.6) is 0 Å². The van der Waals surface area contributed by atoms with Crippen molar-refractivity contribution in [1.82, 2.24) is 25.5 Å². The molecular weight excluding hydrogens is 318 g/mol. The molecular formula is C17H19N7O. The Morgan fingerprint density at radius 2 is 1.80 bits per heavy atom. The van der Waals surface area contributed by atoms with Gasteiger partial charge in [0.05, 0.1) is 5.69 Å². The van der Waals surface area contributed by atoms with Gasteiger partial charge in [-0.15, -0.1) is 5.10 Å². The molecule has 0 atom stereocenters. The molecule has 2 N–H and O–H groups in total. The summed E-state index contributed by atoms with van der Waals surface area (Å²) in [7, 11) is 3.98. The second-order valence-corrected chi connectivity index (χ2v) is 5.67. The zero-order valence-corrected chi connectivity index (χ0v) is 14.0. The van der Waals surface area contributed by atoms with E-state index in [0.29, 0.717) is 12.2 Å². The second-order valence-electron chi connectivity index (χ2n) is 5.67. The van der Waals surface area contributed by atoms with Crippen LogP contribution in [0.2, 0.25) is 0 Å². The van der Waals surface area contributed by atoms with Crippen molar-refractivity contribution in [2.45, 2.75) is 6.54 Å². The lowest BCUT2D eigenvalue weighted by molar-refractivity contribution is 0.251. The fourth-order valence-corrected chi connectivity index (χ4v) is 2.25. The van der Waals surface area contributed by atoms with Crippen LogP contribution in [0.25, 0.3) is 5.69 Å². The van der Waals surface area contributed by atoms with Gasteiger partial charge < -0.3 is 15.5 Å². The fraction of sp³-hybridized carbons (Fsp3) is 0.176. The summed E-state index contributed by atoms with van der Waals surface area (Å²) in [5.74, 6) is 0. The number of tetrazole rings is 1. The molecule has 0 saturated carbocycles. The van der Waals surface area contributed by atoms with E-state index in [1.54, 1.807) is 16.8 Å². The number of hydrogen-bond acceptors (Lipinski definition) is 5. The van der Waals surface area contributed by atoms with Crippen LogP contribution in [0.3, 0.4) is 0 Å². The molecule has 128 valence electrons. The molecule has 0 aliphatic heterocycles. The smallest absolute Gasteiger partial charge is 0.319 e. The van der Waals surface area contributed by atoms with Crippen molar-refractivity contribution < 1.29 is 4.79 Å². The zero-order valence-electron chi connectivity index (χ0n) is 14.0. The van der Waals surface area contributed by atoms with Gasteiger partial charge in [0.15, 0.2) is 0 Å². The molecule has 0 aliphatic rings. The van der Waals surface area contributed by atoms with E-state index in [1.165, 1.54) is 6.33 Å². The quantitative estimate of drug-likeness (QED) is 0.744. The maximum absolute atomic E-state index is 12.0. The number of benzene rings is 2. The predicted molar refractivity (Wildman–Crippen MR) is 95.8 cm³/mol. The fourth-order valence-electron chi connectivity index (χ4n) is 2.25. The summed E-state index contributed by atoms with van der Waals surface area (Å²) >= 11 is 0. The number of rotatable bonds is 5. The Morgan fingerprint density at radius 3 is 2.40 bits per heavy atom. The normalized spacial score (nSPS) is 10.3. The number of urea groups is 1. The summed E-state index contributed by atoms with van der Waals surface area (Å²) in [6.45, 7) is 0.461. The number of carbonyl (C=O) groups excluding carboxylic acids is 1. The summed E-state index contributed by atoms with van der Waals surface area (Å²) in [4.78, 5) is 14.0. The molecule has 8 nitrogen and oxygen atoms in total. The van der Waals surface area contributed by atoms with Crippen LogP contribution < -0.4 is 15.5 Å². The van der Waals surface area contributed by atoms with Gasteiger partial charge in [-0.3, -0.25) is 0 Å². The molecule has 0 unspecified atom stereocenters. The van der Waals surface area contributed by atoms with Crippen molar-refractivity contribution in [2.24, 2.45) is 0 Å². The molecule has 3 aromatic rings. The van der Waals surface area contributed by atoms with Gasteiger partial charge in [0.1, 0.15) is 6.33 Å². The highest BCUT2D eigenvalue weighted by atomic mass is 16.2. The van der Waals surface area contributed by atoms with Gasteiger partial charge in [0.25, 0.3) is 0 Å². The van der Waals surface area contributed by atoms with Crippen molar-refractivity contribution >= 4 is 17.4 Å². The minimum atomic E-state index is -0.258. The van der Waals surface area contributed by atoms with Crippen LogP contribution in [0.4, 0.5) is 16.2 Å². The van der Waals surface area contributed by atoms with Crippen molar-refractivity contribution in [3.05, 3.63) is 60.4 Å². The number of hydrogen-bond donors (Lipinski definition) is 2. The number of nitrogens with zero attached hydrogens (tertiary/aromatic N) is 5. The highest BCUT2D eigenvalue weighted by Crippen LogP contribution is 2.13. The Bertz CT molecular complexity index is 811. The number of nitrogens with one attached hydrogen (secondary N) is 2. The van der Waals surface area contributed by atoms with E-state index in [2.05, 4.69) is 26.2 Å². The van der Waals surface area contributed by atoms with Gasteiger partial charge in [0, 0.05) is 32.0 Å². The van der Waals surface area contributed by atoms with E-state index in [-0.39, 0.29) is 6.03 Å². The molecule has 0 saturated heterocycles. The Morgan fingerprint density at radius 1 is 1.08 bits per heavy atom. The molecule has 3 rings (SSSR count). The molecule has 8 heteroatoms. The van der Waals surface area contributed by atoms with E-state index in [4.69, 9.17) is 0 Å². The molecule has 0 spiro atoms. The van der Waals surface area contributed by atoms with E-state index in [9.17, 15) is 4.79 Å². The third kappa shape index (κ3) is 4.31. The lowest BCUT2D eigenvalue weighted by Crippen LogP contribution is -2.28. The molecule has 2 amide bonds. The van der Waals surface area contributed by atoms with Gasteiger partial charge in [-0.05, 0) is 52.4 Å². The molecule has 0 radical (unpaired) electrons. The maximum Gasteiger partial charge on any atom is 0.319 e. The number of aromatic nitrogens is 4. The standard InChI is InChI=1S/C17H19N7O/c1-23(2)15-7-3-13(4-8-15)11-18-17(25)20-14-5-9-16(10-6-14)24-12-19-21-22-24/h3-10,12H,11H2,1-2H3,(H2,18,20,25). The number of anilines is 2. The van der Waals surface area contributed by atoms with Crippen LogP contribution in [-0.4, -0.2) is 40.3 Å². The van der Waals surface area contributed by atoms with E-state index < -0.39 is 0 Å². The summed E-state index contributed by atoms with van der Waals surface area (Å²) in [5, 5.41) is 16.6. The lowest BCUT2D eigenvalue weighted by Gasteiger charge is -2.13. The molecule has 2 aromatic carbocycles. The van der Waals surface area contributed by atoms with E-state index >= 15 is 0 Å². The van der Waals surface area contributed by atoms with Gasteiger partial charge in [0.2, 0.25) is 0 Å². The van der Waals surface area contributed by atoms with Crippen molar-refractivity contribution in [1.29, 1.82) is 0 Å². The summed E-state index contributed by atoms with van der Waals surface area (Å²) in [6.07, 6.45) is 1.51. The van der Waals surface area contributed by atoms with Gasteiger partial charge in [-0.25, -0.2) is 9.48 Å². The van der Waals surface area contributed by atoms with Crippen LogP contribution >= 0.6 is 0 Å². The lowest BCUT2D eigenvalue weighted by atomic mass is 10.2. The first kappa shape index (κ1) is 16.4. The minimum absolute atomic E-state index is 0.258. The molecule has 0 aliphatic carbocycles. The Labute approximate surface area is 145 Å². The molecule has 25 heavy (non-hydrogen) atoms. The molecule has 1 heterocycles. The van der Waals surface area contributed by atoms with Crippen molar-refractivity contribution in [3.8, 4) is 5.69 Å². The molecule has 1 aromatic heterocycles. The molecule has 0 bridgehead atoms. The number of carbonyl (C=O) groups is 1. The van der Waals surface area contributed by atoms with Gasteiger partial charge in [-0.1, -0.05) is 12.1 Å².